The maximum absolute atomic E-state index is 13.5. The summed E-state index contributed by atoms with van der Waals surface area (Å²) in [6, 6.07) is 22.4. The standard InChI is InChI=1S/C23H14FN5O2/c1-30-21-12-16(24)9-10-20(21)31-23-22(28-18-7-2-3-8-19(18)29-23)27-14-26-17-6-4-5-15(11-17)13-25/h2-12H,1H3. The van der Waals surface area contributed by atoms with Gasteiger partial charge in [0.25, 0.3) is 5.88 Å². The Morgan fingerprint density at radius 2 is 1.71 bits per heavy atom. The molecular formula is C23H14FN5O2. The van der Waals surface area contributed by atoms with Crippen molar-refractivity contribution in [3.8, 4) is 23.4 Å². The first-order valence-corrected chi connectivity index (χ1v) is 9.11. The fourth-order valence-corrected chi connectivity index (χ4v) is 2.72. The number of aromatic nitrogens is 2. The van der Waals surface area contributed by atoms with E-state index < -0.39 is 5.82 Å². The number of para-hydroxylation sites is 2. The molecule has 0 N–H and O–H groups in total. The molecule has 1 aromatic heterocycles. The van der Waals surface area contributed by atoms with Gasteiger partial charge in [-0.2, -0.15) is 15.2 Å². The molecule has 1 heterocycles. The van der Waals surface area contributed by atoms with E-state index in [-0.39, 0.29) is 23.2 Å². The first-order valence-electron chi connectivity index (χ1n) is 9.11. The van der Waals surface area contributed by atoms with Crippen LogP contribution in [0, 0.1) is 17.1 Å². The van der Waals surface area contributed by atoms with Gasteiger partial charge in [0, 0.05) is 6.07 Å². The van der Waals surface area contributed by atoms with E-state index in [4.69, 9.17) is 14.7 Å². The highest BCUT2D eigenvalue weighted by Crippen LogP contribution is 2.35. The fraction of sp³-hybridized carbons (Fsp3) is 0.0435. The van der Waals surface area contributed by atoms with Crippen molar-refractivity contribution in [1.29, 1.82) is 5.26 Å². The van der Waals surface area contributed by atoms with Crippen molar-refractivity contribution >= 4 is 28.5 Å². The van der Waals surface area contributed by atoms with E-state index in [9.17, 15) is 4.39 Å². The lowest BCUT2D eigenvalue weighted by atomic mass is 10.2. The number of aliphatic imine (C=N–C) groups is 2. The van der Waals surface area contributed by atoms with E-state index in [1.165, 1.54) is 25.3 Å². The van der Waals surface area contributed by atoms with Crippen LogP contribution in [0.4, 0.5) is 15.9 Å². The van der Waals surface area contributed by atoms with Gasteiger partial charge in [0.15, 0.2) is 11.5 Å². The lowest BCUT2D eigenvalue weighted by Crippen LogP contribution is -1.95. The molecule has 0 spiro atoms. The zero-order chi connectivity index (χ0) is 21.6. The molecule has 0 aliphatic heterocycles. The lowest BCUT2D eigenvalue weighted by Gasteiger charge is -2.11. The van der Waals surface area contributed by atoms with Gasteiger partial charge in [0.05, 0.1) is 35.5 Å². The van der Waals surface area contributed by atoms with Crippen LogP contribution in [0.2, 0.25) is 0 Å². The van der Waals surface area contributed by atoms with E-state index in [0.29, 0.717) is 22.3 Å². The van der Waals surface area contributed by atoms with Crippen LogP contribution in [-0.4, -0.2) is 23.1 Å². The highest BCUT2D eigenvalue weighted by molar-refractivity contribution is 5.77. The molecule has 0 amide bonds. The third-order valence-corrected chi connectivity index (χ3v) is 4.16. The van der Waals surface area contributed by atoms with Gasteiger partial charge in [-0.3, -0.25) is 0 Å². The van der Waals surface area contributed by atoms with E-state index in [1.54, 1.807) is 36.4 Å². The van der Waals surface area contributed by atoms with E-state index in [1.807, 2.05) is 18.2 Å². The van der Waals surface area contributed by atoms with Crippen molar-refractivity contribution < 1.29 is 13.9 Å². The van der Waals surface area contributed by atoms with Crippen molar-refractivity contribution in [2.24, 2.45) is 9.98 Å². The highest BCUT2D eigenvalue weighted by atomic mass is 19.1. The van der Waals surface area contributed by atoms with Crippen LogP contribution in [0.25, 0.3) is 11.0 Å². The SMILES string of the molecule is COc1cc(F)ccc1Oc1nc2ccccc2nc1N=C=Nc1cccc(C#N)c1. The smallest absolute Gasteiger partial charge is 0.266 e. The van der Waals surface area contributed by atoms with Gasteiger partial charge in [-0.25, -0.2) is 14.4 Å². The zero-order valence-electron chi connectivity index (χ0n) is 16.3. The number of hydrogen-bond donors (Lipinski definition) is 0. The molecule has 0 atom stereocenters. The molecule has 31 heavy (non-hydrogen) atoms. The molecule has 0 unspecified atom stereocenters. The summed E-state index contributed by atoms with van der Waals surface area (Å²) >= 11 is 0. The average molecular weight is 411 g/mol. The molecule has 8 heteroatoms. The second-order valence-electron chi connectivity index (χ2n) is 6.22. The van der Waals surface area contributed by atoms with Crippen molar-refractivity contribution in [2.75, 3.05) is 7.11 Å². The fourth-order valence-electron chi connectivity index (χ4n) is 2.72. The lowest BCUT2D eigenvalue weighted by molar-refractivity contribution is 0.371. The quantitative estimate of drug-likeness (QED) is 0.400. The Hall–Kier alpha value is -4.60. The van der Waals surface area contributed by atoms with E-state index >= 15 is 0 Å². The third kappa shape index (κ3) is 4.53. The summed E-state index contributed by atoms with van der Waals surface area (Å²) in [5.74, 6) is 0.205. The van der Waals surface area contributed by atoms with Crippen molar-refractivity contribution in [1.82, 2.24) is 9.97 Å². The number of benzene rings is 3. The number of rotatable bonds is 5. The first-order chi connectivity index (χ1) is 15.2. The van der Waals surface area contributed by atoms with Crippen LogP contribution in [0.15, 0.2) is 76.7 Å². The minimum atomic E-state index is -0.459. The summed E-state index contributed by atoms with van der Waals surface area (Å²) in [6.07, 6.45) is 0. The highest BCUT2D eigenvalue weighted by Gasteiger charge is 2.14. The topological polar surface area (TPSA) is 92.8 Å². The molecule has 0 saturated carbocycles. The summed E-state index contributed by atoms with van der Waals surface area (Å²) in [4.78, 5) is 17.2. The second kappa shape index (κ2) is 8.82. The van der Waals surface area contributed by atoms with Gasteiger partial charge in [0.1, 0.15) is 11.8 Å². The van der Waals surface area contributed by atoms with Gasteiger partial charge in [-0.1, -0.05) is 18.2 Å². The van der Waals surface area contributed by atoms with Gasteiger partial charge < -0.3 is 9.47 Å². The maximum Gasteiger partial charge on any atom is 0.266 e. The van der Waals surface area contributed by atoms with Crippen molar-refractivity contribution in [3.63, 3.8) is 0 Å². The Labute approximate surface area is 176 Å². The normalized spacial score (nSPS) is 10.1. The van der Waals surface area contributed by atoms with Crippen LogP contribution in [0.5, 0.6) is 17.4 Å². The Morgan fingerprint density at radius 1 is 0.903 bits per heavy atom. The summed E-state index contributed by atoms with van der Waals surface area (Å²) < 4.78 is 24.6. The number of nitriles is 1. The molecule has 0 fully saturated rings. The number of nitrogens with zero attached hydrogens (tertiary/aromatic N) is 5. The van der Waals surface area contributed by atoms with Crippen LogP contribution in [0.1, 0.15) is 5.56 Å². The molecule has 0 bridgehead atoms. The summed E-state index contributed by atoms with van der Waals surface area (Å²) in [5.41, 5.74) is 2.18. The molecule has 0 aliphatic carbocycles. The molecule has 0 radical (unpaired) electrons. The minimum Gasteiger partial charge on any atom is -0.493 e. The van der Waals surface area contributed by atoms with Crippen LogP contribution in [0.3, 0.4) is 0 Å². The molecule has 0 saturated heterocycles. The minimum absolute atomic E-state index is 0.0806. The number of hydrogen-bond acceptors (Lipinski definition) is 7. The Balaban J connectivity index is 1.76. The summed E-state index contributed by atoms with van der Waals surface area (Å²) in [6.45, 7) is 0. The molecular weight excluding hydrogens is 397 g/mol. The predicted molar refractivity (Wildman–Crippen MR) is 113 cm³/mol. The Bertz CT molecular complexity index is 1370. The number of methoxy groups -OCH3 is 1. The van der Waals surface area contributed by atoms with E-state index in [2.05, 4.69) is 26.0 Å². The number of fused-ring (bicyclic) bond motifs is 1. The molecule has 4 rings (SSSR count). The van der Waals surface area contributed by atoms with Gasteiger partial charge in [-0.05, 0) is 42.5 Å². The second-order valence-corrected chi connectivity index (χ2v) is 6.22. The average Bonchev–Trinajstić information content (AvgIpc) is 2.80. The van der Waals surface area contributed by atoms with Crippen LogP contribution < -0.4 is 9.47 Å². The predicted octanol–water partition coefficient (Wildman–Crippen LogP) is 5.58. The zero-order valence-corrected chi connectivity index (χ0v) is 16.3. The Kier molecular flexibility index (Phi) is 5.61. The molecule has 0 aliphatic rings. The molecule has 4 aromatic rings. The first kappa shape index (κ1) is 19.7. The van der Waals surface area contributed by atoms with Gasteiger partial charge in [-0.15, -0.1) is 0 Å². The summed E-state index contributed by atoms with van der Waals surface area (Å²) in [5, 5.41) is 9.00. The summed E-state index contributed by atoms with van der Waals surface area (Å²) in [7, 11) is 1.41. The van der Waals surface area contributed by atoms with Crippen LogP contribution in [-0.2, 0) is 0 Å². The van der Waals surface area contributed by atoms with Gasteiger partial charge in [0.2, 0.25) is 5.82 Å². The third-order valence-electron chi connectivity index (χ3n) is 4.16. The number of halogens is 1. The van der Waals surface area contributed by atoms with Crippen molar-refractivity contribution in [2.45, 2.75) is 0 Å². The van der Waals surface area contributed by atoms with Gasteiger partial charge >= 0.3 is 0 Å². The van der Waals surface area contributed by atoms with Crippen LogP contribution >= 0.6 is 0 Å². The van der Waals surface area contributed by atoms with Crippen molar-refractivity contribution in [3.05, 3.63) is 78.1 Å². The number of ether oxygens (including phenoxy) is 2. The molecule has 3 aromatic carbocycles. The molecule has 7 nitrogen and oxygen atoms in total. The monoisotopic (exact) mass is 411 g/mol. The maximum atomic E-state index is 13.5. The largest absolute Gasteiger partial charge is 0.493 e. The Morgan fingerprint density at radius 3 is 2.48 bits per heavy atom. The van der Waals surface area contributed by atoms with E-state index in [0.717, 1.165) is 0 Å². The molecule has 150 valence electrons.